The fraction of sp³-hybridized carbons (Fsp3) is 0.217. The second-order valence-corrected chi connectivity index (χ2v) is 7.78. The minimum absolute atomic E-state index is 0.0254. The topological polar surface area (TPSA) is 148 Å². The molecule has 0 radical (unpaired) electrons. The molecule has 0 bridgehead atoms. The van der Waals surface area contributed by atoms with Crippen molar-refractivity contribution in [1.29, 1.82) is 5.26 Å². The van der Waals surface area contributed by atoms with E-state index in [0.717, 1.165) is 24.3 Å². The van der Waals surface area contributed by atoms with Gasteiger partial charge in [0, 0.05) is 43.3 Å². The highest BCUT2D eigenvalue weighted by molar-refractivity contribution is 5.98. The Hall–Kier alpha value is -4.56. The molecule has 1 saturated heterocycles. The molecule has 0 atom stereocenters. The average molecular weight is 455 g/mol. The summed E-state index contributed by atoms with van der Waals surface area (Å²) in [6.45, 7) is 3.05. The highest BCUT2D eigenvalue weighted by atomic mass is 16.5. The Morgan fingerprint density at radius 3 is 2.65 bits per heavy atom. The number of anilines is 3. The predicted octanol–water partition coefficient (Wildman–Crippen LogP) is 1.98. The third-order valence-electron chi connectivity index (χ3n) is 5.63. The Balaban J connectivity index is 1.52. The summed E-state index contributed by atoms with van der Waals surface area (Å²) in [5.41, 5.74) is 9.36. The fourth-order valence-electron chi connectivity index (χ4n) is 3.89. The first-order chi connectivity index (χ1) is 16.5. The molecule has 0 spiro atoms. The van der Waals surface area contributed by atoms with Gasteiger partial charge in [-0.15, -0.1) is 0 Å². The van der Waals surface area contributed by atoms with Gasteiger partial charge in [0.25, 0.3) is 5.91 Å². The van der Waals surface area contributed by atoms with Gasteiger partial charge in [-0.2, -0.15) is 5.26 Å². The summed E-state index contributed by atoms with van der Waals surface area (Å²) >= 11 is 0. The Bertz CT molecular complexity index is 1420. The summed E-state index contributed by atoms with van der Waals surface area (Å²) in [6.07, 6.45) is 4.85. The van der Waals surface area contributed by atoms with Gasteiger partial charge in [-0.25, -0.2) is 15.0 Å². The van der Waals surface area contributed by atoms with E-state index in [1.54, 1.807) is 23.3 Å². The number of nitriles is 1. The lowest BCUT2D eigenvalue weighted by atomic mass is 10.1. The zero-order valence-electron chi connectivity index (χ0n) is 18.4. The SMILES string of the molecule is Cn1cnc2c(-c3nc(C(N)=O)c(Nc4ccc(N5CCOCC5)cc4)nc3C#N)cncc21. The summed E-state index contributed by atoms with van der Waals surface area (Å²) in [6, 6.07) is 9.75. The smallest absolute Gasteiger partial charge is 0.271 e. The summed E-state index contributed by atoms with van der Waals surface area (Å²) in [7, 11) is 1.84. The number of nitrogens with two attached hydrogens (primary N) is 1. The van der Waals surface area contributed by atoms with Crippen LogP contribution in [0.15, 0.2) is 43.0 Å². The van der Waals surface area contributed by atoms with Gasteiger partial charge in [0.15, 0.2) is 17.2 Å². The van der Waals surface area contributed by atoms with Gasteiger partial charge in [-0.3, -0.25) is 9.78 Å². The molecule has 4 heterocycles. The molecule has 0 aliphatic carbocycles. The number of aryl methyl sites for hydroxylation is 1. The molecule has 1 fully saturated rings. The summed E-state index contributed by atoms with van der Waals surface area (Å²) in [5, 5.41) is 12.9. The summed E-state index contributed by atoms with van der Waals surface area (Å²) < 4.78 is 7.20. The van der Waals surface area contributed by atoms with E-state index >= 15 is 0 Å². The Morgan fingerprint density at radius 1 is 1.18 bits per heavy atom. The lowest BCUT2D eigenvalue weighted by Crippen LogP contribution is -2.36. The Kier molecular flexibility index (Phi) is 5.49. The number of ether oxygens (including phenoxy) is 1. The van der Waals surface area contributed by atoms with Crippen molar-refractivity contribution in [2.45, 2.75) is 0 Å². The van der Waals surface area contributed by atoms with E-state index < -0.39 is 5.91 Å². The maximum atomic E-state index is 12.3. The number of nitrogens with zero attached hydrogens (tertiary/aromatic N) is 7. The maximum Gasteiger partial charge on any atom is 0.271 e. The standard InChI is InChI=1S/C23H21N9O2/c1-31-13-27-20-16(11-26-12-18(20)31)19-17(10-24)29-23(21(30-19)22(25)33)28-14-2-4-15(5-3-14)32-6-8-34-9-7-32/h2-5,11-13H,6-9H2,1H3,(H2,25,33)(H,28,29). The van der Waals surface area contributed by atoms with E-state index in [1.165, 1.54) is 0 Å². The lowest BCUT2D eigenvalue weighted by molar-refractivity contribution is 0.0996. The first-order valence-electron chi connectivity index (χ1n) is 10.6. The van der Waals surface area contributed by atoms with Crippen molar-refractivity contribution in [2.75, 3.05) is 36.5 Å². The van der Waals surface area contributed by atoms with E-state index in [-0.39, 0.29) is 22.9 Å². The van der Waals surface area contributed by atoms with Crippen LogP contribution < -0.4 is 16.0 Å². The third-order valence-corrected chi connectivity index (χ3v) is 5.63. The van der Waals surface area contributed by atoms with E-state index in [1.807, 2.05) is 31.3 Å². The minimum Gasteiger partial charge on any atom is -0.378 e. The molecule has 34 heavy (non-hydrogen) atoms. The number of carbonyl (C=O) groups excluding carboxylic acids is 1. The number of aromatic nitrogens is 5. The van der Waals surface area contributed by atoms with Crippen LogP contribution in [-0.4, -0.2) is 56.7 Å². The monoisotopic (exact) mass is 455 g/mol. The number of rotatable bonds is 5. The van der Waals surface area contributed by atoms with Gasteiger partial charge >= 0.3 is 0 Å². The molecule has 4 aromatic rings. The second kappa shape index (κ2) is 8.76. The largest absolute Gasteiger partial charge is 0.378 e. The van der Waals surface area contributed by atoms with Gasteiger partial charge in [0.2, 0.25) is 0 Å². The predicted molar refractivity (Wildman–Crippen MR) is 126 cm³/mol. The highest BCUT2D eigenvalue weighted by Gasteiger charge is 2.21. The molecule has 1 aliphatic rings. The average Bonchev–Trinajstić information content (AvgIpc) is 3.25. The zero-order valence-corrected chi connectivity index (χ0v) is 18.4. The Labute approximate surface area is 194 Å². The highest BCUT2D eigenvalue weighted by Crippen LogP contribution is 2.30. The molecule has 170 valence electrons. The van der Waals surface area contributed by atoms with E-state index in [4.69, 9.17) is 10.5 Å². The fourth-order valence-corrected chi connectivity index (χ4v) is 3.89. The van der Waals surface area contributed by atoms with Crippen molar-refractivity contribution < 1.29 is 9.53 Å². The second-order valence-electron chi connectivity index (χ2n) is 7.78. The number of imidazole rings is 1. The van der Waals surface area contributed by atoms with Crippen molar-refractivity contribution in [3.8, 4) is 17.3 Å². The molecule has 3 N–H and O–H groups in total. The van der Waals surface area contributed by atoms with E-state index in [0.29, 0.717) is 30.0 Å². The summed E-state index contributed by atoms with van der Waals surface area (Å²) in [5.74, 6) is -0.667. The van der Waals surface area contributed by atoms with E-state index in [9.17, 15) is 10.1 Å². The van der Waals surface area contributed by atoms with Gasteiger partial charge in [-0.1, -0.05) is 0 Å². The van der Waals surface area contributed by atoms with Gasteiger partial charge in [-0.05, 0) is 24.3 Å². The van der Waals surface area contributed by atoms with Crippen LogP contribution in [0.3, 0.4) is 0 Å². The van der Waals surface area contributed by atoms with Crippen LogP contribution in [0.5, 0.6) is 0 Å². The molecular formula is C23H21N9O2. The first-order valence-corrected chi connectivity index (χ1v) is 10.6. The van der Waals surface area contributed by atoms with Gasteiger partial charge < -0.3 is 25.3 Å². The van der Waals surface area contributed by atoms with Crippen LogP contribution >= 0.6 is 0 Å². The number of primary amides is 1. The van der Waals surface area contributed by atoms with Crippen molar-refractivity contribution in [2.24, 2.45) is 12.8 Å². The van der Waals surface area contributed by atoms with Gasteiger partial charge in [0.05, 0.1) is 31.3 Å². The van der Waals surface area contributed by atoms with E-state index in [2.05, 4.69) is 36.2 Å². The van der Waals surface area contributed by atoms with Crippen LogP contribution in [0.2, 0.25) is 0 Å². The van der Waals surface area contributed by atoms with Crippen LogP contribution in [-0.2, 0) is 11.8 Å². The molecule has 3 aromatic heterocycles. The molecule has 1 aliphatic heterocycles. The molecule has 11 nitrogen and oxygen atoms in total. The van der Waals surface area contributed by atoms with Gasteiger partial charge in [0.1, 0.15) is 17.3 Å². The molecule has 5 rings (SSSR count). The van der Waals surface area contributed by atoms with Crippen molar-refractivity contribution in [3.05, 3.63) is 54.4 Å². The Morgan fingerprint density at radius 2 is 1.94 bits per heavy atom. The molecule has 1 aromatic carbocycles. The number of hydrogen-bond acceptors (Lipinski definition) is 9. The third kappa shape index (κ3) is 3.87. The zero-order chi connectivity index (χ0) is 23.7. The number of morpholine rings is 1. The first kappa shape index (κ1) is 21.3. The number of fused-ring (bicyclic) bond motifs is 1. The summed E-state index contributed by atoms with van der Waals surface area (Å²) in [4.78, 5) is 31.9. The van der Waals surface area contributed by atoms with Crippen molar-refractivity contribution in [3.63, 3.8) is 0 Å². The molecule has 1 amide bonds. The van der Waals surface area contributed by atoms with Crippen LogP contribution in [0.25, 0.3) is 22.3 Å². The number of nitrogens with one attached hydrogen (secondary N) is 1. The number of hydrogen-bond donors (Lipinski definition) is 2. The number of benzene rings is 1. The molecule has 0 unspecified atom stereocenters. The van der Waals surface area contributed by atoms with Crippen molar-refractivity contribution in [1.82, 2.24) is 24.5 Å². The van der Waals surface area contributed by atoms with Crippen LogP contribution in [0, 0.1) is 11.3 Å². The quantitative estimate of drug-likeness (QED) is 0.461. The van der Waals surface area contributed by atoms with Crippen molar-refractivity contribution >= 4 is 34.1 Å². The van der Waals surface area contributed by atoms with Crippen LogP contribution in [0.4, 0.5) is 17.2 Å². The lowest BCUT2D eigenvalue weighted by Gasteiger charge is -2.28. The number of carbonyl (C=O) groups is 1. The maximum absolute atomic E-state index is 12.3. The number of amides is 1. The molecule has 0 saturated carbocycles. The minimum atomic E-state index is -0.771. The molecule has 11 heteroatoms. The molecular weight excluding hydrogens is 434 g/mol. The number of pyridine rings is 1. The normalized spacial score (nSPS) is 13.6. The van der Waals surface area contributed by atoms with Crippen LogP contribution in [0.1, 0.15) is 16.2 Å².